The molecule has 0 saturated carbocycles. The third kappa shape index (κ3) is 1.38. The summed E-state index contributed by atoms with van der Waals surface area (Å²) >= 11 is 3.18. The molecule has 0 amide bonds. The van der Waals surface area contributed by atoms with Crippen molar-refractivity contribution >= 4 is 15.9 Å². The average Bonchev–Trinajstić information content (AvgIpc) is 2.54. The van der Waals surface area contributed by atoms with Gasteiger partial charge in [0, 0.05) is 0 Å². The number of aromatic nitrogens is 3. The molecule has 0 unspecified atom stereocenters. The van der Waals surface area contributed by atoms with Crippen molar-refractivity contribution in [2.24, 2.45) is 0 Å². The first-order valence-electron chi connectivity index (χ1n) is 3.40. The summed E-state index contributed by atoms with van der Waals surface area (Å²) in [6.45, 7) is 0. The van der Waals surface area contributed by atoms with Gasteiger partial charge < -0.3 is 0 Å². The molecule has 1 heterocycles. The Morgan fingerprint density at radius 2 is 2.08 bits per heavy atom. The predicted molar refractivity (Wildman–Crippen MR) is 47.9 cm³/mol. The van der Waals surface area contributed by atoms with Crippen LogP contribution >= 0.6 is 15.9 Å². The van der Waals surface area contributed by atoms with Crippen molar-refractivity contribution in [2.45, 2.75) is 0 Å². The highest BCUT2D eigenvalue weighted by Gasteiger charge is 1.97. The second-order valence-corrected chi connectivity index (χ2v) is 2.93. The number of hydrogen-bond acceptors (Lipinski definition) is 2. The third-order valence-electron chi connectivity index (χ3n) is 1.43. The molecule has 1 aromatic heterocycles. The van der Waals surface area contributed by atoms with Crippen LogP contribution in [0.5, 0.6) is 0 Å². The van der Waals surface area contributed by atoms with Crippen molar-refractivity contribution in [3.63, 3.8) is 0 Å². The van der Waals surface area contributed by atoms with Crippen LogP contribution in [0, 0.1) is 6.07 Å². The molecule has 0 aliphatic carbocycles. The van der Waals surface area contributed by atoms with Gasteiger partial charge in [0.25, 0.3) is 0 Å². The standard InChI is InChI=1S/C8H5BrN3/c9-8-10-6-12(11-8)7-4-2-1-3-5-7/h2-6H. The molecule has 0 saturated heterocycles. The largest absolute Gasteiger partial charge is 0.220 e. The Labute approximate surface area is 78.2 Å². The summed E-state index contributed by atoms with van der Waals surface area (Å²) in [5, 5.41) is 4.09. The second kappa shape index (κ2) is 3.06. The molecule has 0 bridgehead atoms. The van der Waals surface area contributed by atoms with Gasteiger partial charge in [-0.15, -0.1) is 5.10 Å². The Bertz CT molecular complexity index is 369. The summed E-state index contributed by atoms with van der Waals surface area (Å²) < 4.78 is 2.29. The van der Waals surface area contributed by atoms with Gasteiger partial charge in [0.05, 0.1) is 5.69 Å². The van der Waals surface area contributed by atoms with Gasteiger partial charge in [0.2, 0.25) is 4.73 Å². The topological polar surface area (TPSA) is 30.7 Å². The molecule has 3 nitrogen and oxygen atoms in total. The van der Waals surface area contributed by atoms with Gasteiger partial charge in [-0.3, -0.25) is 0 Å². The van der Waals surface area contributed by atoms with Gasteiger partial charge in [0.1, 0.15) is 6.33 Å². The zero-order valence-electron chi connectivity index (χ0n) is 6.11. The number of benzene rings is 1. The molecule has 2 aromatic rings. The van der Waals surface area contributed by atoms with Gasteiger partial charge in [-0.25, -0.2) is 9.67 Å². The molecule has 0 N–H and O–H groups in total. The van der Waals surface area contributed by atoms with Crippen LogP contribution in [0.1, 0.15) is 0 Å². The van der Waals surface area contributed by atoms with Crippen LogP contribution < -0.4 is 0 Å². The highest BCUT2D eigenvalue weighted by molar-refractivity contribution is 9.10. The predicted octanol–water partition coefficient (Wildman–Crippen LogP) is 1.83. The van der Waals surface area contributed by atoms with Crippen molar-refractivity contribution in [3.8, 4) is 5.69 Å². The molecule has 12 heavy (non-hydrogen) atoms. The number of halogens is 1. The molecule has 0 atom stereocenters. The van der Waals surface area contributed by atoms with Crippen LogP contribution in [-0.4, -0.2) is 14.8 Å². The first kappa shape index (κ1) is 7.49. The minimum atomic E-state index is 0.593. The minimum absolute atomic E-state index is 0.593. The normalized spacial score (nSPS) is 10.1. The van der Waals surface area contributed by atoms with E-state index in [2.05, 4.69) is 32.1 Å². The maximum Gasteiger partial charge on any atom is 0.217 e. The summed E-state index contributed by atoms with van der Waals surface area (Å²) in [6.07, 6.45) is 1.65. The maximum absolute atomic E-state index is 4.09. The van der Waals surface area contributed by atoms with E-state index in [4.69, 9.17) is 0 Å². The molecule has 1 radical (unpaired) electrons. The van der Waals surface area contributed by atoms with Crippen molar-refractivity contribution in [2.75, 3.05) is 0 Å². The van der Waals surface area contributed by atoms with E-state index in [0.717, 1.165) is 5.69 Å². The van der Waals surface area contributed by atoms with Crippen molar-refractivity contribution in [3.05, 3.63) is 41.4 Å². The van der Waals surface area contributed by atoms with E-state index >= 15 is 0 Å². The van der Waals surface area contributed by atoms with Crippen molar-refractivity contribution in [1.82, 2.24) is 14.8 Å². The minimum Gasteiger partial charge on any atom is -0.220 e. The van der Waals surface area contributed by atoms with Gasteiger partial charge in [-0.05, 0) is 34.1 Å². The van der Waals surface area contributed by atoms with E-state index in [9.17, 15) is 0 Å². The first-order chi connectivity index (χ1) is 5.86. The van der Waals surface area contributed by atoms with Gasteiger partial charge in [-0.2, -0.15) is 0 Å². The van der Waals surface area contributed by atoms with Crippen LogP contribution in [0.15, 0.2) is 35.3 Å². The lowest BCUT2D eigenvalue weighted by molar-refractivity contribution is 0.870. The molecule has 1 aromatic carbocycles. The van der Waals surface area contributed by atoms with E-state index in [1.54, 1.807) is 11.0 Å². The highest BCUT2D eigenvalue weighted by atomic mass is 79.9. The Kier molecular flexibility index (Phi) is 1.91. The van der Waals surface area contributed by atoms with Crippen LogP contribution in [0.4, 0.5) is 0 Å². The molecule has 0 aliphatic rings. The number of hydrogen-bond donors (Lipinski definition) is 0. The lowest BCUT2D eigenvalue weighted by Crippen LogP contribution is -1.92. The summed E-state index contributed by atoms with van der Waals surface area (Å²) in [5.74, 6) is 0. The average molecular weight is 223 g/mol. The van der Waals surface area contributed by atoms with Crippen LogP contribution in [0.2, 0.25) is 0 Å². The molecule has 4 heteroatoms. The summed E-state index contributed by atoms with van der Waals surface area (Å²) in [5.41, 5.74) is 0.979. The first-order valence-corrected chi connectivity index (χ1v) is 4.19. The fourth-order valence-corrected chi connectivity index (χ4v) is 1.16. The van der Waals surface area contributed by atoms with Crippen LogP contribution in [-0.2, 0) is 0 Å². The van der Waals surface area contributed by atoms with E-state index in [1.807, 2.05) is 24.3 Å². The van der Waals surface area contributed by atoms with Crippen LogP contribution in [0.3, 0.4) is 0 Å². The SMILES string of the molecule is Brc1ncn(-c2cc[c]cc2)n1. The molecular weight excluding hydrogens is 218 g/mol. The van der Waals surface area contributed by atoms with E-state index < -0.39 is 0 Å². The van der Waals surface area contributed by atoms with Gasteiger partial charge >= 0.3 is 0 Å². The Hall–Kier alpha value is -1.16. The zero-order valence-corrected chi connectivity index (χ0v) is 7.69. The number of rotatable bonds is 1. The fourth-order valence-electron chi connectivity index (χ4n) is 0.898. The summed E-state index contributed by atoms with van der Waals surface area (Å²) in [7, 11) is 0. The van der Waals surface area contributed by atoms with Gasteiger partial charge in [-0.1, -0.05) is 12.1 Å². The molecular formula is C8H5BrN3. The molecule has 2 rings (SSSR count). The lowest BCUT2D eigenvalue weighted by atomic mass is 10.3. The Morgan fingerprint density at radius 1 is 1.33 bits per heavy atom. The Balaban J connectivity index is 2.45. The Morgan fingerprint density at radius 3 is 2.67 bits per heavy atom. The smallest absolute Gasteiger partial charge is 0.217 e. The van der Waals surface area contributed by atoms with Gasteiger partial charge in [0.15, 0.2) is 0 Å². The van der Waals surface area contributed by atoms with Crippen molar-refractivity contribution < 1.29 is 0 Å². The lowest BCUT2D eigenvalue weighted by Gasteiger charge is -1.96. The second-order valence-electron chi connectivity index (χ2n) is 2.22. The van der Waals surface area contributed by atoms with E-state index in [0.29, 0.717) is 4.73 Å². The molecule has 0 fully saturated rings. The monoisotopic (exact) mass is 222 g/mol. The third-order valence-corrected chi connectivity index (χ3v) is 1.79. The quantitative estimate of drug-likeness (QED) is 0.738. The van der Waals surface area contributed by atoms with Crippen molar-refractivity contribution in [1.29, 1.82) is 0 Å². The molecule has 0 spiro atoms. The molecule has 59 valence electrons. The summed E-state index contributed by atoms with van der Waals surface area (Å²) in [6, 6.07) is 10.4. The van der Waals surface area contributed by atoms with Crippen LogP contribution in [0.25, 0.3) is 5.69 Å². The fraction of sp³-hybridized carbons (Fsp3) is 0. The summed E-state index contributed by atoms with van der Waals surface area (Å²) in [4.78, 5) is 3.95. The zero-order chi connectivity index (χ0) is 8.39. The number of nitrogens with zero attached hydrogens (tertiary/aromatic N) is 3. The maximum atomic E-state index is 4.09. The highest BCUT2D eigenvalue weighted by Crippen LogP contribution is 2.06. The molecule has 0 aliphatic heterocycles. The van der Waals surface area contributed by atoms with E-state index in [-0.39, 0.29) is 0 Å². The van der Waals surface area contributed by atoms with E-state index in [1.165, 1.54) is 0 Å².